The fourth-order valence-corrected chi connectivity index (χ4v) is 2.45. The molecule has 2 heterocycles. The van der Waals surface area contributed by atoms with E-state index >= 15 is 0 Å². The number of nitrogens with one attached hydrogen (secondary N) is 5. The number of nitrogens with two attached hydrogens (primary N) is 1. The lowest BCUT2D eigenvalue weighted by Gasteiger charge is -2.18. The molecule has 2 aromatic heterocycles. The monoisotopic (exact) mass is 420 g/mol. The molecule has 0 saturated heterocycles. The van der Waals surface area contributed by atoms with Gasteiger partial charge in [0, 0.05) is 36.6 Å². The molecule has 0 aliphatic carbocycles. The summed E-state index contributed by atoms with van der Waals surface area (Å²) in [5.74, 6) is -2.35. The van der Waals surface area contributed by atoms with E-state index in [2.05, 4.69) is 40.6 Å². The Morgan fingerprint density at radius 1 is 1.00 bits per heavy atom. The highest BCUT2D eigenvalue weighted by Gasteiger charge is 2.23. The van der Waals surface area contributed by atoms with E-state index < -0.39 is 35.8 Å². The van der Waals surface area contributed by atoms with Gasteiger partial charge in [0.15, 0.2) is 0 Å². The van der Waals surface area contributed by atoms with Crippen molar-refractivity contribution in [3.8, 4) is 0 Å². The number of hydrogen-bond donors (Lipinski definition) is 6. The van der Waals surface area contributed by atoms with Crippen molar-refractivity contribution >= 4 is 23.7 Å². The zero-order valence-electron chi connectivity index (χ0n) is 16.3. The Kier molecular flexibility index (Phi) is 8.50. The lowest BCUT2D eigenvalue weighted by Crippen LogP contribution is -2.52. The SMILES string of the molecule is COC(=O)CNC(=O)[C@H](Cc1cnc[nH]1)NC(=O)CNC(=O)[C@@H](N)Cc1cnc[nH]1. The van der Waals surface area contributed by atoms with Crippen LogP contribution in [0, 0.1) is 0 Å². The number of methoxy groups -OCH3 is 1. The van der Waals surface area contributed by atoms with Crippen LogP contribution in [0.5, 0.6) is 0 Å². The lowest BCUT2D eigenvalue weighted by molar-refractivity contribution is -0.141. The van der Waals surface area contributed by atoms with Crippen LogP contribution < -0.4 is 21.7 Å². The number of carbonyl (C=O) groups is 4. The number of ether oxygens (including phenoxy) is 1. The third-order valence-corrected chi connectivity index (χ3v) is 4.02. The molecular weight excluding hydrogens is 396 g/mol. The van der Waals surface area contributed by atoms with Gasteiger partial charge < -0.3 is 36.4 Å². The largest absolute Gasteiger partial charge is 0.468 e. The molecule has 0 aliphatic heterocycles. The number of nitrogens with zero attached hydrogens (tertiary/aromatic N) is 2. The summed E-state index contributed by atoms with van der Waals surface area (Å²) < 4.78 is 4.47. The van der Waals surface area contributed by atoms with Crippen LogP contribution in [0.1, 0.15) is 11.4 Å². The van der Waals surface area contributed by atoms with Crippen molar-refractivity contribution in [1.82, 2.24) is 35.9 Å². The van der Waals surface area contributed by atoms with Crippen LogP contribution in [-0.2, 0) is 36.8 Å². The Morgan fingerprint density at radius 2 is 1.60 bits per heavy atom. The molecule has 2 atom stereocenters. The minimum atomic E-state index is -1.00. The number of rotatable bonds is 11. The van der Waals surface area contributed by atoms with Gasteiger partial charge in [-0.05, 0) is 0 Å². The fourth-order valence-electron chi connectivity index (χ4n) is 2.45. The van der Waals surface area contributed by atoms with Gasteiger partial charge in [0.25, 0.3) is 0 Å². The number of amides is 3. The van der Waals surface area contributed by atoms with E-state index in [-0.39, 0.29) is 25.9 Å². The van der Waals surface area contributed by atoms with Crippen LogP contribution >= 0.6 is 0 Å². The third kappa shape index (κ3) is 7.35. The summed E-state index contributed by atoms with van der Waals surface area (Å²) in [6.07, 6.45) is 6.29. The summed E-state index contributed by atoms with van der Waals surface area (Å²) in [4.78, 5) is 61.3. The quantitative estimate of drug-likeness (QED) is 0.209. The average molecular weight is 420 g/mol. The van der Waals surface area contributed by atoms with E-state index in [9.17, 15) is 19.2 Å². The molecule has 13 nitrogen and oxygen atoms in total. The van der Waals surface area contributed by atoms with Gasteiger partial charge in [-0.1, -0.05) is 0 Å². The second-order valence-corrected chi connectivity index (χ2v) is 6.30. The summed E-state index contributed by atoms with van der Waals surface area (Å²) in [5.41, 5.74) is 7.09. The molecule has 2 rings (SSSR count). The standard InChI is InChI=1S/C17H24N8O5/c1-30-15(27)7-22-17(29)13(3-11-5-20-9-24-11)25-14(26)6-21-16(28)12(18)2-10-4-19-8-23-10/h4-5,8-9,12-13H,2-3,6-7,18H2,1H3,(H,19,23)(H,20,24)(H,21,28)(H,22,29)(H,25,26)/t12-,13-/m0/s1. The van der Waals surface area contributed by atoms with Crippen molar-refractivity contribution in [2.45, 2.75) is 24.9 Å². The molecule has 13 heteroatoms. The van der Waals surface area contributed by atoms with Crippen LogP contribution in [0.15, 0.2) is 25.0 Å². The van der Waals surface area contributed by atoms with Crippen LogP contribution in [-0.4, -0.2) is 75.9 Å². The highest BCUT2D eigenvalue weighted by molar-refractivity contribution is 5.92. The van der Waals surface area contributed by atoms with Crippen LogP contribution in [0.25, 0.3) is 0 Å². The zero-order valence-corrected chi connectivity index (χ0v) is 16.3. The number of aromatic nitrogens is 4. The van der Waals surface area contributed by atoms with Crippen molar-refractivity contribution in [2.75, 3.05) is 20.2 Å². The number of imidazole rings is 2. The summed E-state index contributed by atoms with van der Waals surface area (Å²) in [6, 6.07) is -1.87. The molecule has 7 N–H and O–H groups in total. The lowest BCUT2D eigenvalue weighted by atomic mass is 10.1. The van der Waals surface area contributed by atoms with Gasteiger partial charge in [-0.25, -0.2) is 9.97 Å². The Bertz CT molecular complexity index is 836. The minimum Gasteiger partial charge on any atom is -0.468 e. The third-order valence-electron chi connectivity index (χ3n) is 4.02. The van der Waals surface area contributed by atoms with Gasteiger partial charge >= 0.3 is 5.97 Å². The molecule has 30 heavy (non-hydrogen) atoms. The predicted octanol–water partition coefficient (Wildman–Crippen LogP) is -2.86. The Morgan fingerprint density at radius 3 is 2.17 bits per heavy atom. The first-order valence-electron chi connectivity index (χ1n) is 9.00. The van der Waals surface area contributed by atoms with E-state index in [1.54, 1.807) is 6.20 Å². The number of H-pyrrole nitrogens is 2. The van der Waals surface area contributed by atoms with Crippen LogP contribution in [0.3, 0.4) is 0 Å². The van der Waals surface area contributed by atoms with Crippen LogP contribution in [0.2, 0.25) is 0 Å². The maximum absolute atomic E-state index is 12.4. The second kappa shape index (κ2) is 11.3. The Labute approximate surface area is 171 Å². The number of aromatic amines is 2. The predicted molar refractivity (Wildman–Crippen MR) is 103 cm³/mol. The molecule has 162 valence electrons. The molecule has 3 amide bonds. The summed E-state index contributed by atoms with van der Waals surface area (Å²) >= 11 is 0. The average Bonchev–Trinajstić information content (AvgIpc) is 3.43. The molecular formula is C17H24N8O5. The highest BCUT2D eigenvalue weighted by Crippen LogP contribution is 2.00. The van der Waals surface area contributed by atoms with Crippen molar-refractivity contribution in [3.05, 3.63) is 36.4 Å². The van der Waals surface area contributed by atoms with Crippen molar-refractivity contribution in [3.63, 3.8) is 0 Å². The van der Waals surface area contributed by atoms with Crippen molar-refractivity contribution in [1.29, 1.82) is 0 Å². The van der Waals surface area contributed by atoms with Gasteiger partial charge in [-0.3, -0.25) is 19.2 Å². The fraction of sp³-hybridized carbons (Fsp3) is 0.412. The van der Waals surface area contributed by atoms with E-state index in [0.717, 1.165) is 0 Å². The van der Waals surface area contributed by atoms with Gasteiger partial charge in [-0.2, -0.15) is 0 Å². The molecule has 0 saturated carbocycles. The summed E-state index contributed by atoms with van der Waals surface area (Å²) in [5, 5.41) is 7.31. The first kappa shape index (κ1) is 22.5. The highest BCUT2D eigenvalue weighted by atomic mass is 16.5. The number of carbonyl (C=O) groups excluding carboxylic acids is 4. The Hall–Kier alpha value is -3.74. The van der Waals surface area contributed by atoms with E-state index in [0.29, 0.717) is 11.4 Å². The molecule has 0 aliphatic rings. The molecule has 2 aromatic rings. The zero-order chi connectivity index (χ0) is 21.9. The Balaban J connectivity index is 1.86. The first-order chi connectivity index (χ1) is 14.4. The topological polar surface area (TPSA) is 197 Å². The van der Waals surface area contributed by atoms with Gasteiger partial charge in [-0.15, -0.1) is 0 Å². The number of esters is 1. The van der Waals surface area contributed by atoms with E-state index in [1.165, 1.54) is 26.0 Å². The molecule has 0 unspecified atom stereocenters. The molecule has 0 bridgehead atoms. The van der Waals surface area contributed by atoms with E-state index in [1.807, 2.05) is 0 Å². The molecule has 0 spiro atoms. The van der Waals surface area contributed by atoms with Crippen molar-refractivity contribution < 1.29 is 23.9 Å². The van der Waals surface area contributed by atoms with Crippen molar-refractivity contribution in [2.24, 2.45) is 5.73 Å². The smallest absolute Gasteiger partial charge is 0.325 e. The summed E-state index contributed by atoms with van der Waals surface area (Å²) in [7, 11) is 1.19. The van der Waals surface area contributed by atoms with Gasteiger partial charge in [0.1, 0.15) is 12.6 Å². The first-order valence-corrected chi connectivity index (χ1v) is 9.00. The summed E-state index contributed by atoms with van der Waals surface area (Å²) in [6.45, 7) is -0.719. The maximum Gasteiger partial charge on any atom is 0.325 e. The molecule has 0 radical (unpaired) electrons. The van der Waals surface area contributed by atoms with E-state index in [4.69, 9.17) is 5.73 Å². The maximum atomic E-state index is 12.4. The van der Waals surface area contributed by atoms with Gasteiger partial charge in [0.05, 0.1) is 32.4 Å². The van der Waals surface area contributed by atoms with Crippen LogP contribution in [0.4, 0.5) is 0 Å². The minimum absolute atomic E-state index is 0.103. The second-order valence-electron chi connectivity index (χ2n) is 6.30. The molecule has 0 aromatic carbocycles. The molecule has 0 fully saturated rings. The van der Waals surface area contributed by atoms with Gasteiger partial charge in [0.2, 0.25) is 17.7 Å². The number of hydrogen-bond acceptors (Lipinski definition) is 8. The normalized spacial score (nSPS) is 12.5.